The highest BCUT2D eigenvalue weighted by Crippen LogP contribution is 2.32. The van der Waals surface area contributed by atoms with E-state index in [0.717, 1.165) is 37.8 Å². The summed E-state index contributed by atoms with van der Waals surface area (Å²) in [5.41, 5.74) is 7.04. The molecule has 0 aliphatic heterocycles. The zero-order chi connectivity index (χ0) is 14.3. The molecule has 0 spiro atoms. The molecule has 19 heavy (non-hydrogen) atoms. The fourth-order valence-corrected chi connectivity index (χ4v) is 2.95. The van der Waals surface area contributed by atoms with E-state index in [2.05, 4.69) is 26.8 Å². The lowest BCUT2D eigenvalue weighted by atomic mass is 9.75. The predicted molar refractivity (Wildman–Crippen MR) is 82.0 cm³/mol. The highest BCUT2D eigenvalue weighted by molar-refractivity contribution is 5.95. The predicted octanol–water partition coefficient (Wildman–Crippen LogP) is 4.24. The number of rotatable bonds is 6. The number of hydrogen-bond acceptors (Lipinski definition) is 2. The van der Waals surface area contributed by atoms with Crippen LogP contribution in [0.15, 0.2) is 11.6 Å². The van der Waals surface area contributed by atoms with E-state index in [-0.39, 0.29) is 5.41 Å². The summed E-state index contributed by atoms with van der Waals surface area (Å²) >= 11 is 0. The molecule has 2 nitrogen and oxygen atoms in total. The maximum absolute atomic E-state index is 12.3. The van der Waals surface area contributed by atoms with Crippen LogP contribution in [-0.4, -0.2) is 12.3 Å². The summed E-state index contributed by atoms with van der Waals surface area (Å²) in [5.74, 6) is 0.931. The van der Waals surface area contributed by atoms with Gasteiger partial charge in [-0.25, -0.2) is 0 Å². The summed E-state index contributed by atoms with van der Waals surface area (Å²) in [4.78, 5) is 12.3. The topological polar surface area (TPSA) is 43.1 Å². The number of ketones is 1. The molecular formula is C17H31NO. The Kier molecular flexibility index (Phi) is 6.78. The third kappa shape index (κ3) is 5.90. The molecule has 0 aromatic rings. The van der Waals surface area contributed by atoms with Crippen molar-refractivity contribution in [2.45, 2.75) is 72.1 Å². The van der Waals surface area contributed by atoms with E-state index in [4.69, 9.17) is 5.73 Å². The van der Waals surface area contributed by atoms with Crippen molar-refractivity contribution < 1.29 is 4.79 Å². The normalized spacial score (nSPS) is 18.6. The second-order valence-electron chi connectivity index (χ2n) is 6.93. The summed E-state index contributed by atoms with van der Waals surface area (Å²) in [6, 6.07) is 0. The van der Waals surface area contributed by atoms with Gasteiger partial charge < -0.3 is 5.73 Å². The maximum Gasteiger partial charge on any atom is 0.158 e. The Morgan fingerprint density at radius 3 is 2.63 bits per heavy atom. The second-order valence-corrected chi connectivity index (χ2v) is 6.93. The van der Waals surface area contributed by atoms with Crippen molar-refractivity contribution in [3.63, 3.8) is 0 Å². The van der Waals surface area contributed by atoms with Gasteiger partial charge in [0, 0.05) is 6.42 Å². The Labute approximate surface area is 118 Å². The summed E-state index contributed by atoms with van der Waals surface area (Å²) in [6.45, 7) is 7.48. The van der Waals surface area contributed by atoms with Crippen molar-refractivity contribution >= 4 is 5.78 Å². The van der Waals surface area contributed by atoms with Crippen LogP contribution in [-0.2, 0) is 4.79 Å². The van der Waals surface area contributed by atoms with Crippen LogP contribution in [0.3, 0.4) is 0 Å². The minimum atomic E-state index is 0.248. The minimum absolute atomic E-state index is 0.248. The average Bonchev–Trinajstić information content (AvgIpc) is 2.61. The molecule has 1 aliphatic carbocycles. The largest absolute Gasteiger partial charge is 0.330 e. The van der Waals surface area contributed by atoms with Crippen LogP contribution in [0.5, 0.6) is 0 Å². The van der Waals surface area contributed by atoms with Crippen LogP contribution in [0.25, 0.3) is 0 Å². The first-order chi connectivity index (χ1) is 8.95. The number of nitrogens with two attached hydrogens (primary N) is 1. The van der Waals surface area contributed by atoms with Gasteiger partial charge in [-0.1, -0.05) is 33.3 Å². The lowest BCUT2D eigenvalue weighted by Gasteiger charge is -2.30. The highest BCUT2D eigenvalue weighted by atomic mass is 16.1. The molecule has 0 radical (unpaired) electrons. The molecule has 0 fully saturated rings. The molecule has 0 heterocycles. The Morgan fingerprint density at radius 1 is 1.26 bits per heavy atom. The van der Waals surface area contributed by atoms with Crippen molar-refractivity contribution in [2.24, 2.45) is 17.1 Å². The van der Waals surface area contributed by atoms with Crippen molar-refractivity contribution in [3.8, 4) is 0 Å². The zero-order valence-electron chi connectivity index (χ0n) is 13.0. The molecule has 0 saturated heterocycles. The van der Waals surface area contributed by atoms with Crippen LogP contribution < -0.4 is 5.73 Å². The molecule has 0 aromatic carbocycles. The van der Waals surface area contributed by atoms with E-state index < -0.39 is 0 Å². The zero-order valence-corrected chi connectivity index (χ0v) is 13.0. The summed E-state index contributed by atoms with van der Waals surface area (Å²) in [7, 11) is 0. The molecule has 110 valence electrons. The molecule has 2 heteroatoms. The number of Topliss-reactive ketones (excluding diaryl/α,β-unsaturated/α-hetero) is 1. The standard InChI is InChI=1S/C17H31NO/c1-17(2,3)15(12-13-18)10-11-16(19)14-8-6-4-5-7-9-14/h8,15H,4-7,9-13,18H2,1-3H3. The quantitative estimate of drug-likeness (QED) is 0.780. The second kappa shape index (κ2) is 7.84. The van der Waals surface area contributed by atoms with Crippen molar-refractivity contribution in [1.82, 2.24) is 0 Å². The Balaban J connectivity index is 2.49. The number of hydrogen-bond donors (Lipinski definition) is 1. The van der Waals surface area contributed by atoms with Gasteiger partial charge in [-0.2, -0.15) is 0 Å². The van der Waals surface area contributed by atoms with Crippen molar-refractivity contribution in [1.29, 1.82) is 0 Å². The molecular weight excluding hydrogens is 234 g/mol. The molecule has 0 amide bonds. The summed E-state index contributed by atoms with van der Waals surface area (Å²) in [5, 5.41) is 0. The van der Waals surface area contributed by atoms with Gasteiger partial charge in [-0.3, -0.25) is 4.79 Å². The molecule has 0 aromatic heterocycles. The van der Waals surface area contributed by atoms with Gasteiger partial charge in [0.05, 0.1) is 0 Å². The Morgan fingerprint density at radius 2 is 2.00 bits per heavy atom. The first-order valence-electron chi connectivity index (χ1n) is 7.87. The minimum Gasteiger partial charge on any atom is -0.330 e. The highest BCUT2D eigenvalue weighted by Gasteiger charge is 2.24. The van der Waals surface area contributed by atoms with Crippen LogP contribution in [0, 0.1) is 11.3 Å². The van der Waals surface area contributed by atoms with Gasteiger partial charge in [0.15, 0.2) is 5.78 Å². The van der Waals surface area contributed by atoms with E-state index in [1.807, 2.05) is 0 Å². The maximum atomic E-state index is 12.3. The van der Waals surface area contributed by atoms with E-state index in [0.29, 0.717) is 18.1 Å². The van der Waals surface area contributed by atoms with Crippen molar-refractivity contribution in [2.75, 3.05) is 6.54 Å². The van der Waals surface area contributed by atoms with Gasteiger partial charge in [-0.05, 0) is 62.0 Å². The molecule has 1 rings (SSSR count). The molecule has 1 aliphatic rings. The Bertz CT molecular complexity index is 312. The van der Waals surface area contributed by atoms with E-state index in [1.54, 1.807) is 0 Å². The first kappa shape index (κ1) is 16.4. The van der Waals surface area contributed by atoms with Crippen LogP contribution in [0.1, 0.15) is 72.1 Å². The first-order valence-corrected chi connectivity index (χ1v) is 7.87. The van der Waals surface area contributed by atoms with E-state index in [9.17, 15) is 4.79 Å². The SMILES string of the molecule is CC(C)(C)C(CCN)CCC(=O)C1=CCCCCC1. The molecule has 1 atom stereocenters. The molecule has 0 bridgehead atoms. The fourth-order valence-electron chi connectivity index (χ4n) is 2.95. The van der Waals surface area contributed by atoms with Gasteiger partial charge in [0.1, 0.15) is 0 Å². The fraction of sp³-hybridized carbons (Fsp3) is 0.824. The van der Waals surface area contributed by atoms with Crippen LogP contribution in [0.4, 0.5) is 0 Å². The van der Waals surface area contributed by atoms with Crippen LogP contribution >= 0.6 is 0 Å². The summed E-state index contributed by atoms with van der Waals surface area (Å²) in [6.07, 6.45) is 10.7. The lowest BCUT2D eigenvalue weighted by Crippen LogP contribution is -2.24. The van der Waals surface area contributed by atoms with Gasteiger partial charge in [-0.15, -0.1) is 0 Å². The number of allylic oxidation sites excluding steroid dienone is 2. The molecule has 2 N–H and O–H groups in total. The number of carbonyl (C=O) groups excluding carboxylic acids is 1. The average molecular weight is 265 g/mol. The number of carbonyl (C=O) groups is 1. The molecule has 1 unspecified atom stereocenters. The van der Waals surface area contributed by atoms with Gasteiger partial charge >= 0.3 is 0 Å². The Hall–Kier alpha value is -0.630. The third-order valence-corrected chi connectivity index (χ3v) is 4.36. The van der Waals surface area contributed by atoms with Crippen LogP contribution in [0.2, 0.25) is 0 Å². The van der Waals surface area contributed by atoms with Crippen molar-refractivity contribution in [3.05, 3.63) is 11.6 Å². The smallest absolute Gasteiger partial charge is 0.158 e. The van der Waals surface area contributed by atoms with Gasteiger partial charge in [0.2, 0.25) is 0 Å². The van der Waals surface area contributed by atoms with Gasteiger partial charge in [0.25, 0.3) is 0 Å². The van der Waals surface area contributed by atoms with E-state index >= 15 is 0 Å². The monoisotopic (exact) mass is 265 g/mol. The summed E-state index contributed by atoms with van der Waals surface area (Å²) < 4.78 is 0. The molecule has 0 saturated carbocycles. The van der Waals surface area contributed by atoms with E-state index in [1.165, 1.54) is 19.3 Å². The third-order valence-electron chi connectivity index (χ3n) is 4.36. The lowest BCUT2D eigenvalue weighted by molar-refractivity contribution is -0.116.